The van der Waals surface area contributed by atoms with Crippen molar-refractivity contribution in [2.24, 2.45) is 0 Å². The van der Waals surface area contributed by atoms with Gasteiger partial charge in [-0.2, -0.15) is 0 Å². The van der Waals surface area contributed by atoms with E-state index >= 15 is 0 Å². The SMILES string of the molecule is COc1c(-c2cccc(O)c2)c(C(=O)c2ccc(N)c(C(=O)O)c2)n2ccccc12. The van der Waals surface area contributed by atoms with Gasteiger partial charge in [0.25, 0.3) is 0 Å². The van der Waals surface area contributed by atoms with Gasteiger partial charge in [0, 0.05) is 17.4 Å². The Morgan fingerprint density at radius 3 is 2.53 bits per heavy atom. The zero-order valence-electron chi connectivity index (χ0n) is 16.0. The molecule has 7 nitrogen and oxygen atoms in total. The number of nitrogens with two attached hydrogens (primary N) is 1. The Bertz CT molecular complexity index is 1310. The van der Waals surface area contributed by atoms with E-state index < -0.39 is 11.8 Å². The van der Waals surface area contributed by atoms with E-state index in [1.807, 2.05) is 12.1 Å². The molecule has 7 heteroatoms. The average Bonchev–Trinajstić information content (AvgIpc) is 3.07. The van der Waals surface area contributed by atoms with Gasteiger partial charge in [-0.05, 0) is 48.0 Å². The fourth-order valence-electron chi connectivity index (χ4n) is 3.56. The molecule has 0 unspecified atom stereocenters. The van der Waals surface area contributed by atoms with Crippen LogP contribution >= 0.6 is 0 Å². The molecule has 0 spiro atoms. The lowest BCUT2D eigenvalue weighted by atomic mass is 9.98. The zero-order valence-corrected chi connectivity index (χ0v) is 16.0. The third-order valence-corrected chi connectivity index (χ3v) is 4.90. The number of nitrogen functional groups attached to an aromatic ring is 1. The number of methoxy groups -OCH3 is 1. The molecule has 2 aromatic heterocycles. The lowest BCUT2D eigenvalue weighted by Crippen LogP contribution is -2.10. The Morgan fingerprint density at radius 1 is 1.03 bits per heavy atom. The normalized spacial score (nSPS) is 10.8. The number of ether oxygens (including phenoxy) is 1. The maximum Gasteiger partial charge on any atom is 0.337 e. The number of carbonyl (C=O) groups excluding carboxylic acids is 1. The molecule has 0 saturated carbocycles. The third-order valence-electron chi connectivity index (χ3n) is 4.90. The number of hydrogen-bond donors (Lipinski definition) is 3. The van der Waals surface area contributed by atoms with Crippen LogP contribution in [-0.4, -0.2) is 33.5 Å². The molecule has 0 fully saturated rings. The number of nitrogens with zero attached hydrogens (tertiary/aromatic N) is 1. The molecule has 150 valence electrons. The lowest BCUT2D eigenvalue weighted by Gasteiger charge is -2.09. The van der Waals surface area contributed by atoms with Crippen LogP contribution in [0.15, 0.2) is 66.9 Å². The molecule has 0 aliphatic rings. The first-order chi connectivity index (χ1) is 14.4. The maximum atomic E-state index is 13.6. The van der Waals surface area contributed by atoms with Gasteiger partial charge in [0.2, 0.25) is 5.78 Å². The Balaban J connectivity index is 2.03. The van der Waals surface area contributed by atoms with Gasteiger partial charge in [-0.15, -0.1) is 0 Å². The number of rotatable bonds is 5. The summed E-state index contributed by atoms with van der Waals surface area (Å²) in [6.45, 7) is 0. The quantitative estimate of drug-likeness (QED) is 0.345. The number of aromatic carboxylic acids is 1. The van der Waals surface area contributed by atoms with Gasteiger partial charge in [-0.1, -0.05) is 18.2 Å². The van der Waals surface area contributed by atoms with Gasteiger partial charge in [0.05, 0.1) is 23.8 Å². The van der Waals surface area contributed by atoms with E-state index in [9.17, 15) is 19.8 Å². The van der Waals surface area contributed by atoms with Crippen molar-refractivity contribution in [2.45, 2.75) is 0 Å². The molecule has 0 bridgehead atoms. The highest BCUT2D eigenvalue weighted by Gasteiger charge is 2.27. The van der Waals surface area contributed by atoms with Gasteiger partial charge < -0.3 is 25.1 Å². The smallest absolute Gasteiger partial charge is 0.337 e. The Labute approximate surface area is 171 Å². The largest absolute Gasteiger partial charge is 0.508 e. The maximum absolute atomic E-state index is 13.6. The van der Waals surface area contributed by atoms with E-state index in [0.29, 0.717) is 22.4 Å². The van der Waals surface area contributed by atoms with Crippen LogP contribution in [0, 0.1) is 0 Å². The lowest BCUT2D eigenvalue weighted by molar-refractivity contribution is 0.0698. The Morgan fingerprint density at radius 2 is 1.83 bits per heavy atom. The molecule has 0 amide bonds. The second-order valence-corrected chi connectivity index (χ2v) is 6.70. The summed E-state index contributed by atoms with van der Waals surface area (Å²) in [6, 6.07) is 16.1. The highest BCUT2D eigenvalue weighted by Crippen LogP contribution is 2.41. The Kier molecular flexibility index (Phi) is 4.63. The molecule has 2 heterocycles. The molecule has 4 aromatic rings. The van der Waals surface area contributed by atoms with Crippen LogP contribution in [0.3, 0.4) is 0 Å². The molecule has 0 atom stereocenters. The molecule has 0 aliphatic carbocycles. The highest BCUT2D eigenvalue weighted by atomic mass is 16.5. The second kappa shape index (κ2) is 7.29. The molecule has 0 saturated heterocycles. The van der Waals surface area contributed by atoms with Gasteiger partial charge in [-0.3, -0.25) is 4.79 Å². The van der Waals surface area contributed by atoms with E-state index in [4.69, 9.17) is 10.5 Å². The Hall–Kier alpha value is -4.26. The number of carbonyl (C=O) groups is 2. The summed E-state index contributed by atoms with van der Waals surface area (Å²) in [5.74, 6) is -1.10. The van der Waals surface area contributed by atoms with E-state index in [1.54, 1.807) is 34.9 Å². The van der Waals surface area contributed by atoms with Crippen molar-refractivity contribution < 1.29 is 24.5 Å². The summed E-state index contributed by atoms with van der Waals surface area (Å²) in [5, 5.41) is 19.4. The van der Waals surface area contributed by atoms with Crippen LogP contribution in [0.2, 0.25) is 0 Å². The molecule has 4 N–H and O–H groups in total. The van der Waals surface area contributed by atoms with E-state index in [1.165, 1.54) is 31.4 Å². The first-order valence-corrected chi connectivity index (χ1v) is 9.06. The number of ketones is 1. The standard InChI is InChI=1S/C23H18N2O5/c1-30-22-18-7-2-3-10-25(18)20(19(22)13-5-4-6-15(26)11-13)21(27)14-8-9-17(24)16(12-14)23(28)29/h2-12,26H,24H2,1H3,(H,28,29). The van der Waals surface area contributed by atoms with Crippen molar-refractivity contribution in [3.05, 3.63) is 83.7 Å². The van der Waals surface area contributed by atoms with E-state index in [2.05, 4.69) is 0 Å². The van der Waals surface area contributed by atoms with Gasteiger partial charge >= 0.3 is 5.97 Å². The first-order valence-electron chi connectivity index (χ1n) is 9.06. The van der Waals surface area contributed by atoms with Crippen molar-refractivity contribution in [2.75, 3.05) is 12.8 Å². The predicted octanol–water partition coefficient (Wildman–Crippen LogP) is 3.83. The summed E-state index contributed by atoms with van der Waals surface area (Å²) >= 11 is 0. The fraction of sp³-hybridized carbons (Fsp3) is 0.0435. The molecule has 4 rings (SSSR count). The van der Waals surface area contributed by atoms with Crippen LogP contribution in [0.4, 0.5) is 5.69 Å². The zero-order chi connectivity index (χ0) is 21.4. The van der Waals surface area contributed by atoms with Crippen molar-refractivity contribution >= 4 is 23.0 Å². The minimum Gasteiger partial charge on any atom is -0.508 e. The number of aromatic nitrogens is 1. The van der Waals surface area contributed by atoms with Gasteiger partial charge in [0.1, 0.15) is 11.4 Å². The first kappa shape index (κ1) is 19.1. The number of aromatic hydroxyl groups is 1. The number of pyridine rings is 1. The van der Waals surface area contributed by atoms with Gasteiger partial charge in [0.15, 0.2) is 5.75 Å². The van der Waals surface area contributed by atoms with Crippen LogP contribution in [-0.2, 0) is 0 Å². The molecule has 0 aliphatic heterocycles. The number of hydrogen-bond acceptors (Lipinski definition) is 5. The second-order valence-electron chi connectivity index (χ2n) is 6.70. The van der Waals surface area contributed by atoms with Gasteiger partial charge in [-0.25, -0.2) is 4.79 Å². The fourth-order valence-corrected chi connectivity index (χ4v) is 3.56. The number of anilines is 1. The number of phenolic OH excluding ortho intramolecular Hbond substituents is 1. The van der Waals surface area contributed by atoms with Crippen molar-refractivity contribution in [1.29, 1.82) is 0 Å². The summed E-state index contributed by atoms with van der Waals surface area (Å²) in [6.07, 6.45) is 1.73. The number of carboxylic acids is 1. The molecular formula is C23H18N2O5. The third kappa shape index (κ3) is 3.02. The van der Waals surface area contributed by atoms with E-state index in [0.717, 1.165) is 0 Å². The van der Waals surface area contributed by atoms with Crippen LogP contribution in [0.25, 0.3) is 16.6 Å². The summed E-state index contributed by atoms with van der Waals surface area (Å²) in [7, 11) is 1.51. The average molecular weight is 402 g/mol. The molecular weight excluding hydrogens is 384 g/mol. The number of fused-ring (bicyclic) bond motifs is 1. The molecule has 0 radical (unpaired) electrons. The summed E-state index contributed by atoms with van der Waals surface area (Å²) < 4.78 is 7.32. The van der Waals surface area contributed by atoms with E-state index in [-0.39, 0.29) is 28.3 Å². The topological polar surface area (TPSA) is 114 Å². The summed E-state index contributed by atoms with van der Waals surface area (Å²) in [5.41, 5.74) is 7.88. The minimum absolute atomic E-state index is 0.0452. The molecule has 2 aromatic carbocycles. The summed E-state index contributed by atoms with van der Waals surface area (Å²) in [4.78, 5) is 25.1. The minimum atomic E-state index is -1.21. The predicted molar refractivity (Wildman–Crippen MR) is 112 cm³/mol. The number of carboxylic acid groups (broad SMARTS) is 1. The monoisotopic (exact) mass is 402 g/mol. The van der Waals surface area contributed by atoms with Crippen molar-refractivity contribution in [1.82, 2.24) is 4.40 Å². The number of phenols is 1. The highest BCUT2D eigenvalue weighted by molar-refractivity contribution is 6.15. The van der Waals surface area contributed by atoms with Crippen LogP contribution in [0.5, 0.6) is 11.5 Å². The van der Waals surface area contributed by atoms with Crippen molar-refractivity contribution in [3.63, 3.8) is 0 Å². The van der Waals surface area contributed by atoms with Crippen LogP contribution in [0.1, 0.15) is 26.4 Å². The van der Waals surface area contributed by atoms with Crippen molar-refractivity contribution in [3.8, 4) is 22.6 Å². The number of benzene rings is 2. The van der Waals surface area contributed by atoms with Crippen LogP contribution < -0.4 is 10.5 Å². The molecule has 30 heavy (non-hydrogen) atoms.